The molecule has 0 radical (unpaired) electrons. The highest BCUT2D eigenvalue weighted by Gasteiger charge is 2.11. The number of benzene rings is 3. The van der Waals surface area contributed by atoms with E-state index in [0.29, 0.717) is 24.1 Å². The Balaban J connectivity index is 1.54. The first-order valence-corrected chi connectivity index (χ1v) is 11.1. The van der Waals surface area contributed by atoms with Gasteiger partial charge in [0.05, 0.1) is 6.61 Å². The summed E-state index contributed by atoms with van der Waals surface area (Å²) in [5.41, 5.74) is 4.19. The van der Waals surface area contributed by atoms with Gasteiger partial charge in [0.1, 0.15) is 5.75 Å². The largest absolute Gasteiger partial charge is 0.513 e. The molecule has 2 amide bonds. The summed E-state index contributed by atoms with van der Waals surface area (Å²) in [6, 6.07) is 21.5. The molecule has 0 spiro atoms. The Hall–Kier alpha value is -4.13. The van der Waals surface area contributed by atoms with Crippen molar-refractivity contribution in [2.75, 3.05) is 11.9 Å². The number of ether oxygens (including phenoxy) is 2. The fraction of sp³-hybridized carbons (Fsp3) is 0.222. The Morgan fingerprint density at radius 1 is 0.853 bits per heavy atom. The fourth-order valence-corrected chi connectivity index (χ4v) is 3.34. The summed E-state index contributed by atoms with van der Waals surface area (Å²) in [5, 5.41) is 5.80. The van der Waals surface area contributed by atoms with Crippen LogP contribution < -0.4 is 15.4 Å². The molecule has 0 unspecified atom stereocenters. The quantitative estimate of drug-likeness (QED) is 0.345. The average molecular weight is 461 g/mol. The summed E-state index contributed by atoms with van der Waals surface area (Å²) in [5.74, 6) is -0.0867. The molecule has 3 aromatic rings. The van der Waals surface area contributed by atoms with Crippen LogP contribution in [0.15, 0.2) is 72.8 Å². The van der Waals surface area contributed by atoms with E-state index in [0.717, 1.165) is 11.1 Å². The summed E-state index contributed by atoms with van der Waals surface area (Å²) in [6.45, 7) is 4.18. The van der Waals surface area contributed by atoms with Crippen molar-refractivity contribution in [3.63, 3.8) is 0 Å². The lowest BCUT2D eigenvalue weighted by Crippen LogP contribution is -2.24. The van der Waals surface area contributed by atoms with Crippen molar-refractivity contribution in [1.82, 2.24) is 5.32 Å². The van der Waals surface area contributed by atoms with Crippen LogP contribution in [0.4, 0.5) is 10.5 Å². The summed E-state index contributed by atoms with van der Waals surface area (Å²) in [4.78, 5) is 36.4. The summed E-state index contributed by atoms with van der Waals surface area (Å²) >= 11 is 0. The van der Waals surface area contributed by atoms with E-state index in [9.17, 15) is 14.4 Å². The van der Waals surface area contributed by atoms with Crippen LogP contribution >= 0.6 is 0 Å². The van der Waals surface area contributed by atoms with E-state index in [1.54, 1.807) is 19.1 Å². The third-order valence-electron chi connectivity index (χ3n) is 5.19. The highest BCUT2D eigenvalue weighted by molar-refractivity contribution is 5.95. The van der Waals surface area contributed by atoms with Crippen LogP contribution in [-0.4, -0.2) is 24.6 Å². The number of hydrogen-bond acceptors (Lipinski definition) is 5. The Labute approximate surface area is 199 Å². The molecule has 7 nitrogen and oxygen atoms in total. The number of carbonyl (C=O) groups excluding carboxylic acids is 3. The maximum atomic E-state index is 12.5. The molecule has 0 fully saturated rings. The molecular weight excluding hydrogens is 432 g/mol. The topological polar surface area (TPSA) is 93.7 Å². The second-order valence-electron chi connectivity index (χ2n) is 7.62. The number of rotatable bonds is 9. The van der Waals surface area contributed by atoms with Gasteiger partial charge in [-0.05, 0) is 67.3 Å². The van der Waals surface area contributed by atoms with Gasteiger partial charge in [-0.3, -0.25) is 9.59 Å². The molecule has 7 heteroatoms. The smallest absolute Gasteiger partial charge is 0.434 e. The van der Waals surface area contributed by atoms with E-state index in [-0.39, 0.29) is 30.7 Å². The second-order valence-corrected chi connectivity index (χ2v) is 7.62. The SMILES string of the molecule is CCOC(=O)Oc1ccc(C(=O)NCc2ccccc2NC(=O)CCc2ccccc2C)cc1. The normalized spacial score (nSPS) is 10.3. The summed E-state index contributed by atoms with van der Waals surface area (Å²) in [7, 11) is 0. The Bertz CT molecular complexity index is 1140. The number of amides is 2. The van der Waals surface area contributed by atoms with E-state index in [4.69, 9.17) is 9.47 Å². The van der Waals surface area contributed by atoms with Crippen molar-refractivity contribution < 1.29 is 23.9 Å². The maximum Gasteiger partial charge on any atom is 0.513 e. The molecule has 0 saturated heterocycles. The lowest BCUT2D eigenvalue weighted by Gasteiger charge is -2.13. The highest BCUT2D eigenvalue weighted by Crippen LogP contribution is 2.17. The fourth-order valence-electron chi connectivity index (χ4n) is 3.34. The van der Waals surface area contributed by atoms with Crippen molar-refractivity contribution in [3.05, 3.63) is 95.1 Å². The predicted octanol–water partition coefficient (Wildman–Crippen LogP) is 5.03. The summed E-state index contributed by atoms with van der Waals surface area (Å²) in [6.07, 6.45) is 0.233. The minimum Gasteiger partial charge on any atom is -0.434 e. The van der Waals surface area contributed by atoms with Crippen molar-refractivity contribution in [2.24, 2.45) is 0 Å². The van der Waals surface area contributed by atoms with Gasteiger partial charge in [0.15, 0.2) is 0 Å². The minimum absolute atomic E-state index is 0.0841. The van der Waals surface area contributed by atoms with Gasteiger partial charge < -0.3 is 20.1 Å². The number of para-hydroxylation sites is 1. The first-order valence-electron chi connectivity index (χ1n) is 11.1. The molecule has 0 heterocycles. The second kappa shape index (κ2) is 12.2. The molecule has 34 heavy (non-hydrogen) atoms. The van der Waals surface area contributed by atoms with Gasteiger partial charge >= 0.3 is 6.16 Å². The van der Waals surface area contributed by atoms with Crippen molar-refractivity contribution in [2.45, 2.75) is 33.2 Å². The van der Waals surface area contributed by atoms with Crippen LogP contribution in [-0.2, 0) is 22.5 Å². The number of carbonyl (C=O) groups is 3. The number of aryl methyl sites for hydroxylation is 2. The van der Waals surface area contributed by atoms with Gasteiger partial charge in [0.2, 0.25) is 5.91 Å². The Kier molecular flexibility index (Phi) is 8.80. The van der Waals surface area contributed by atoms with E-state index < -0.39 is 6.16 Å². The summed E-state index contributed by atoms with van der Waals surface area (Å²) < 4.78 is 9.72. The molecule has 0 aromatic heterocycles. The van der Waals surface area contributed by atoms with E-state index in [2.05, 4.69) is 10.6 Å². The first-order chi connectivity index (χ1) is 16.5. The molecule has 0 bridgehead atoms. The van der Waals surface area contributed by atoms with E-state index in [1.807, 2.05) is 55.5 Å². The first kappa shape index (κ1) is 24.5. The van der Waals surface area contributed by atoms with Gasteiger partial charge in [-0.25, -0.2) is 4.79 Å². The zero-order valence-electron chi connectivity index (χ0n) is 19.3. The third-order valence-corrected chi connectivity index (χ3v) is 5.19. The van der Waals surface area contributed by atoms with Gasteiger partial charge in [-0.15, -0.1) is 0 Å². The van der Waals surface area contributed by atoms with Gasteiger partial charge in [-0.1, -0.05) is 42.5 Å². The molecule has 0 aliphatic rings. The van der Waals surface area contributed by atoms with Crippen LogP contribution in [0.3, 0.4) is 0 Å². The van der Waals surface area contributed by atoms with Crippen LogP contribution in [0.25, 0.3) is 0 Å². The lowest BCUT2D eigenvalue weighted by atomic mass is 10.0. The third kappa shape index (κ3) is 7.20. The number of hydrogen-bond donors (Lipinski definition) is 2. The lowest BCUT2D eigenvalue weighted by molar-refractivity contribution is -0.116. The monoisotopic (exact) mass is 460 g/mol. The molecule has 176 valence electrons. The van der Waals surface area contributed by atoms with Crippen molar-refractivity contribution >= 4 is 23.7 Å². The minimum atomic E-state index is -0.794. The highest BCUT2D eigenvalue weighted by atomic mass is 16.7. The zero-order valence-corrected chi connectivity index (χ0v) is 19.3. The Morgan fingerprint density at radius 2 is 1.53 bits per heavy atom. The van der Waals surface area contributed by atoms with Crippen molar-refractivity contribution in [3.8, 4) is 5.75 Å². The van der Waals surface area contributed by atoms with Crippen LogP contribution in [0, 0.1) is 6.92 Å². The maximum absolute atomic E-state index is 12.5. The average Bonchev–Trinajstić information content (AvgIpc) is 2.83. The molecule has 3 aromatic carbocycles. The number of nitrogens with one attached hydrogen (secondary N) is 2. The molecule has 3 rings (SSSR count). The van der Waals surface area contributed by atoms with Gasteiger partial charge in [-0.2, -0.15) is 0 Å². The standard InChI is InChI=1S/C27H28N2O5/c1-3-33-27(32)34-23-15-12-21(13-16-23)26(31)28-18-22-10-6-7-11-24(22)29-25(30)17-14-20-9-5-4-8-19(20)2/h4-13,15-16H,3,14,17-18H2,1-2H3,(H,28,31)(H,29,30). The molecule has 0 saturated carbocycles. The molecule has 0 atom stereocenters. The molecular formula is C27H28N2O5. The van der Waals surface area contributed by atoms with Crippen LogP contribution in [0.2, 0.25) is 0 Å². The van der Waals surface area contributed by atoms with Crippen LogP contribution in [0.1, 0.15) is 40.4 Å². The molecule has 0 aliphatic heterocycles. The Morgan fingerprint density at radius 3 is 2.24 bits per heavy atom. The van der Waals surface area contributed by atoms with Crippen molar-refractivity contribution in [1.29, 1.82) is 0 Å². The zero-order chi connectivity index (χ0) is 24.3. The molecule has 0 aliphatic carbocycles. The van der Waals surface area contributed by atoms with Gasteiger partial charge in [0.25, 0.3) is 5.91 Å². The van der Waals surface area contributed by atoms with Crippen LogP contribution in [0.5, 0.6) is 5.75 Å². The van der Waals surface area contributed by atoms with E-state index in [1.165, 1.54) is 17.7 Å². The molecule has 2 N–H and O–H groups in total. The predicted molar refractivity (Wildman–Crippen MR) is 130 cm³/mol. The van der Waals surface area contributed by atoms with Gasteiger partial charge in [0, 0.05) is 24.2 Å². The van der Waals surface area contributed by atoms with E-state index >= 15 is 0 Å². The number of anilines is 1.